The summed E-state index contributed by atoms with van der Waals surface area (Å²) in [7, 11) is 0. The van der Waals surface area contributed by atoms with Crippen molar-refractivity contribution in [1.82, 2.24) is 0 Å². The summed E-state index contributed by atoms with van der Waals surface area (Å²) in [6, 6.07) is 0. The lowest BCUT2D eigenvalue weighted by molar-refractivity contribution is -0.313. The van der Waals surface area contributed by atoms with Gasteiger partial charge in [-0.15, -0.1) is 0 Å². The van der Waals surface area contributed by atoms with E-state index in [0.29, 0.717) is 6.42 Å². The van der Waals surface area contributed by atoms with Crippen LogP contribution in [0.5, 0.6) is 0 Å². The standard InChI is InChI=1S/C29H50O15/c1-5-9-10-11-12-13-23(36)44-28-27(43-22(35)8-4)26(42-21(34)7-3)19(16-39-20(33)6-2)41-29(28)40-15-18(32)25(38)24(37)17(31)14-30/h17-19,24-32,37-38H,5-16H2,1-4H3/t17-,18-,19-,24-,25-,26-,27+,28+,29-/m1/s1. The van der Waals surface area contributed by atoms with Crippen LogP contribution in [-0.2, 0) is 47.6 Å². The van der Waals surface area contributed by atoms with Gasteiger partial charge in [0.1, 0.15) is 37.1 Å². The van der Waals surface area contributed by atoms with Crippen LogP contribution in [0.25, 0.3) is 0 Å². The average Bonchev–Trinajstić information content (AvgIpc) is 3.02. The first-order chi connectivity index (χ1) is 20.9. The Morgan fingerprint density at radius 3 is 1.80 bits per heavy atom. The molecule has 1 rings (SSSR count). The first-order valence-electron chi connectivity index (χ1n) is 15.3. The van der Waals surface area contributed by atoms with Crippen LogP contribution in [0.3, 0.4) is 0 Å². The van der Waals surface area contributed by atoms with Crippen molar-refractivity contribution < 1.29 is 73.1 Å². The third kappa shape index (κ3) is 13.3. The van der Waals surface area contributed by atoms with E-state index >= 15 is 0 Å². The molecule has 9 atom stereocenters. The first kappa shape index (κ1) is 39.6. The molecule has 1 aliphatic heterocycles. The van der Waals surface area contributed by atoms with Gasteiger partial charge in [-0.1, -0.05) is 53.4 Å². The Kier molecular flexibility index (Phi) is 19.2. The normalized spacial score (nSPS) is 24.4. The molecule has 1 heterocycles. The number of aliphatic hydroxyl groups is 5. The number of esters is 4. The lowest BCUT2D eigenvalue weighted by Gasteiger charge is -2.44. The minimum absolute atomic E-state index is 0.00488. The molecule has 0 radical (unpaired) electrons. The number of carbonyl (C=O) groups is 4. The van der Waals surface area contributed by atoms with E-state index in [1.165, 1.54) is 13.8 Å². The van der Waals surface area contributed by atoms with Crippen molar-refractivity contribution in [3.05, 3.63) is 0 Å². The molecule has 0 unspecified atom stereocenters. The second kappa shape index (κ2) is 21.4. The van der Waals surface area contributed by atoms with E-state index in [1.54, 1.807) is 6.92 Å². The van der Waals surface area contributed by atoms with Gasteiger partial charge in [-0.2, -0.15) is 0 Å². The summed E-state index contributed by atoms with van der Waals surface area (Å²) >= 11 is 0. The van der Waals surface area contributed by atoms with Crippen molar-refractivity contribution in [2.24, 2.45) is 0 Å². The Hall–Kier alpha value is -2.40. The Labute approximate surface area is 257 Å². The number of aliphatic hydroxyl groups excluding tert-OH is 5. The molecule has 0 aromatic rings. The summed E-state index contributed by atoms with van der Waals surface area (Å²) in [5, 5.41) is 49.3. The van der Waals surface area contributed by atoms with Crippen LogP contribution in [0.4, 0.5) is 0 Å². The molecular weight excluding hydrogens is 588 g/mol. The van der Waals surface area contributed by atoms with Crippen LogP contribution in [0.2, 0.25) is 0 Å². The molecule has 0 spiro atoms. The van der Waals surface area contributed by atoms with Gasteiger partial charge in [0, 0.05) is 25.7 Å². The maximum Gasteiger partial charge on any atom is 0.306 e. The molecule has 44 heavy (non-hydrogen) atoms. The second-order valence-corrected chi connectivity index (χ2v) is 10.4. The highest BCUT2D eigenvalue weighted by Gasteiger charge is 2.53. The number of ether oxygens (including phenoxy) is 6. The SMILES string of the molecule is CCCCCCCC(=O)O[C@@H]1[C@H](OC[C@@H](O)[C@@H](O)[C@H](O)[C@H](O)CO)O[C@H](COC(=O)CC)[C@@H](OC(=O)CC)[C@@H]1OC(=O)CC. The van der Waals surface area contributed by atoms with Crippen molar-refractivity contribution in [2.45, 2.75) is 141 Å². The summed E-state index contributed by atoms with van der Waals surface area (Å²) in [4.78, 5) is 49.8. The van der Waals surface area contributed by atoms with Crippen molar-refractivity contribution in [1.29, 1.82) is 0 Å². The number of carbonyl (C=O) groups excluding carboxylic acids is 4. The second-order valence-electron chi connectivity index (χ2n) is 10.4. The predicted octanol–water partition coefficient (Wildman–Crippen LogP) is 0.0329. The Morgan fingerprint density at radius 1 is 0.682 bits per heavy atom. The van der Waals surface area contributed by atoms with Crippen LogP contribution in [0.15, 0.2) is 0 Å². The molecule has 5 N–H and O–H groups in total. The molecule has 256 valence electrons. The van der Waals surface area contributed by atoms with Gasteiger partial charge in [0.15, 0.2) is 24.6 Å². The highest BCUT2D eigenvalue weighted by Crippen LogP contribution is 2.31. The predicted molar refractivity (Wildman–Crippen MR) is 151 cm³/mol. The third-order valence-corrected chi connectivity index (χ3v) is 6.91. The number of unbranched alkanes of at least 4 members (excludes halogenated alkanes) is 4. The van der Waals surface area contributed by atoms with Crippen LogP contribution in [-0.4, -0.2) is 124 Å². The molecule has 0 aromatic carbocycles. The Balaban J connectivity index is 3.39. The van der Waals surface area contributed by atoms with E-state index in [2.05, 4.69) is 6.92 Å². The topological polar surface area (TPSA) is 225 Å². The molecular formula is C29H50O15. The fourth-order valence-corrected chi connectivity index (χ4v) is 4.23. The van der Waals surface area contributed by atoms with Gasteiger partial charge in [-0.3, -0.25) is 19.2 Å². The van der Waals surface area contributed by atoms with Crippen molar-refractivity contribution in [3.8, 4) is 0 Å². The van der Waals surface area contributed by atoms with Crippen LogP contribution in [0.1, 0.15) is 85.5 Å². The van der Waals surface area contributed by atoms with Gasteiger partial charge in [0.05, 0.1) is 13.2 Å². The van der Waals surface area contributed by atoms with Gasteiger partial charge >= 0.3 is 23.9 Å². The fourth-order valence-electron chi connectivity index (χ4n) is 4.23. The summed E-state index contributed by atoms with van der Waals surface area (Å²) in [5.41, 5.74) is 0. The van der Waals surface area contributed by atoms with Gasteiger partial charge in [-0.05, 0) is 6.42 Å². The Bertz CT molecular complexity index is 868. The maximum atomic E-state index is 12.9. The molecule has 0 bridgehead atoms. The molecule has 0 saturated carbocycles. The molecule has 0 aliphatic carbocycles. The molecule has 0 amide bonds. The first-order valence-corrected chi connectivity index (χ1v) is 15.3. The minimum atomic E-state index is -1.97. The lowest BCUT2D eigenvalue weighted by atomic mass is 9.97. The largest absolute Gasteiger partial charge is 0.463 e. The van der Waals surface area contributed by atoms with Crippen molar-refractivity contribution in [3.63, 3.8) is 0 Å². The Morgan fingerprint density at radius 2 is 1.23 bits per heavy atom. The highest BCUT2D eigenvalue weighted by atomic mass is 16.7. The van der Waals surface area contributed by atoms with Crippen LogP contribution >= 0.6 is 0 Å². The van der Waals surface area contributed by atoms with Gasteiger partial charge in [0.25, 0.3) is 0 Å². The van der Waals surface area contributed by atoms with Gasteiger partial charge in [-0.25, -0.2) is 0 Å². The molecule has 15 nitrogen and oxygen atoms in total. The monoisotopic (exact) mass is 638 g/mol. The number of hydrogen-bond donors (Lipinski definition) is 5. The molecule has 0 aromatic heterocycles. The van der Waals surface area contributed by atoms with E-state index in [9.17, 15) is 39.6 Å². The highest BCUT2D eigenvalue weighted by molar-refractivity contribution is 5.71. The number of hydrogen-bond acceptors (Lipinski definition) is 15. The van der Waals surface area contributed by atoms with E-state index in [4.69, 9.17) is 33.5 Å². The van der Waals surface area contributed by atoms with Crippen LogP contribution < -0.4 is 0 Å². The van der Waals surface area contributed by atoms with E-state index in [0.717, 1.165) is 25.7 Å². The van der Waals surface area contributed by atoms with E-state index in [-0.39, 0.29) is 25.7 Å². The minimum Gasteiger partial charge on any atom is -0.463 e. The summed E-state index contributed by atoms with van der Waals surface area (Å²) in [6.45, 7) is 4.53. The van der Waals surface area contributed by atoms with E-state index in [1.807, 2.05) is 0 Å². The fraction of sp³-hybridized carbons (Fsp3) is 0.862. The summed E-state index contributed by atoms with van der Waals surface area (Å²) in [5.74, 6) is -2.76. The smallest absolute Gasteiger partial charge is 0.306 e. The quantitative estimate of drug-likeness (QED) is 0.0635. The maximum absolute atomic E-state index is 12.9. The van der Waals surface area contributed by atoms with Crippen molar-refractivity contribution >= 4 is 23.9 Å². The van der Waals surface area contributed by atoms with Gasteiger partial charge < -0.3 is 54.0 Å². The van der Waals surface area contributed by atoms with Gasteiger partial charge in [0.2, 0.25) is 0 Å². The average molecular weight is 639 g/mol. The molecule has 1 fully saturated rings. The summed E-state index contributed by atoms with van der Waals surface area (Å²) < 4.78 is 33.6. The zero-order valence-corrected chi connectivity index (χ0v) is 26.0. The number of rotatable bonds is 21. The lowest BCUT2D eigenvalue weighted by Crippen LogP contribution is -2.63. The zero-order valence-electron chi connectivity index (χ0n) is 26.0. The van der Waals surface area contributed by atoms with Crippen LogP contribution in [0, 0.1) is 0 Å². The third-order valence-electron chi connectivity index (χ3n) is 6.91. The van der Waals surface area contributed by atoms with E-state index < -0.39 is 98.8 Å². The summed E-state index contributed by atoms with van der Waals surface area (Å²) in [6.07, 6.45) is -10.8. The molecule has 1 saturated heterocycles. The van der Waals surface area contributed by atoms with Crippen molar-refractivity contribution in [2.75, 3.05) is 19.8 Å². The molecule has 15 heteroatoms. The molecule has 1 aliphatic rings. The zero-order chi connectivity index (χ0) is 33.2.